The predicted molar refractivity (Wildman–Crippen MR) is 230 cm³/mol. The Hall–Kier alpha value is -7.36. The van der Waals surface area contributed by atoms with Crippen LogP contribution in [-0.4, -0.2) is 139 Å². The predicted octanol–water partition coefficient (Wildman–Crippen LogP) is -1.76. The molecule has 2 aromatic carbocycles. The smallest absolute Gasteiger partial charge is 0.326 e. The van der Waals surface area contributed by atoms with Crippen molar-refractivity contribution in [1.29, 1.82) is 0 Å². The first kappa shape index (κ1) is 50.3. The van der Waals surface area contributed by atoms with E-state index in [0.717, 1.165) is 0 Å². The summed E-state index contributed by atoms with van der Waals surface area (Å²) in [5.74, 6) is -8.58. The van der Waals surface area contributed by atoms with Crippen molar-refractivity contribution in [2.45, 2.75) is 95.0 Å². The average molecular weight is 905 g/mol. The minimum Gasteiger partial charge on any atom is -0.508 e. The zero-order valence-corrected chi connectivity index (χ0v) is 36.0. The van der Waals surface area contributed by atoms with E-state index < -0.39 is 115 Å². The number of amides is 7. The summed E-state index contributed by atoms with van der Waals surface area (Å²) in [4.78, 5) is 125. The molecule has 1 aliphatic heterocycles. The van der Waals surface area contributed by atoms with Gasteiger partial charge in [-0.15, -0.1) is 0 Å². The van der Waals surface area contributed by atoms with E-state index in [4.69, 9.17) is 10.8 Å². The number of nitrogens with zero attached hydrogens (tertiary/aromatic N) is 2. The van der Waals surface area contributed by atoms with Crippen molar-refractivity contribution in [1.82, 2.24) is 46.8 Å². The summed E-state index contributed by atoms with van der Waals surface area (Å²) in [6, 6.07) is 6.90. The fourth-order valence-electron chi connectivity index (χ4n) is 7.00. The van der Waals surface area contributed by atoms with Crippen LogP contribution in [0.3, 0.4) is 0 Å². The number of nitrogens with one attached hydrogen (secondary N) is 7. The van der Waals surface area contributed by atoms with Gasteiger partial charge in [0.2, 0.25) is 41.4 Å². The minimum atomic E-state index is -1.41. The maximum absolute atomic E-state index is 14.4. The van der Waals surface area contributed by atoms with Crippen LogP contribution in [0.25, 0.3) is 0 Å². The SMILES string of the molecule is CC[C@H](C)[C@H](NC(=O)[C@H](Cc1ccc(O)cc1)NC(=O)CNC(=O)CNC(=O)[C@@H](N)CC(=O)O)C(=O)N[C@@H](Cc1cnc[nH]1)C(=O)N1CCC[C@H]1C(=O)N[C@@H](Cc1ccccc1)C(=O)O. The van der Waals surface area contributed by atoms with Gasteiger partial charge >= 0.3 is 11.9 Å². The number of aliphatic carboxylic acids is 2. The number of rotatable bonds is 24. The van der Waals surface area contributed by atoms with Gasteiger partial charge in [0.15, 0.2) is 0 Å². The molecular weight excluding hydrogens is 849 g/mol. The number of phenols is 1. The molecule has 0 radical (unpaired) electrons. The van der Waals surface area contributed by atoms with Gasteiger partial charge in [-0.25, -0.2) is 9.78 Å². The Morgan fingerprint density at radius 3 is 2.08 bits per heavy atom. The molecule has 1 fully saturated rings. The van der Waals surface area contributed by atoms with Crippen LogP contribution in [-0.2, 0) is 62.4 Å². The van der Waals surface area contributed by atoms with Crippen molar-refractivity contribution in [3.8, 4) is 5.75 Å². The molecule has 0 unspecified atom stereocenters. The molecule has 22 heteroatoms. The first-order valence-corrected chi connectivity index (χ1v) is 21.0. The Morgan fingerprint density at radius 2 is 1.45 bits per heavy atom. The fraction of sp³-hybridized carbons (Fsp3) is 0.442. The number of aromatic amines is 1. The first-order valence-electron chi connectivity index (χ1n) is 21.0. The summed E-state index contributed by atoms with van der Waals surface area (Å²) in [6.45, 7) is 2.34. The van der Waals surface area contributed by atoms with Crippen molar-refractivity contribution in [3.05, 3.63) is 83.9 Å². The number of H-pyrrole nitrogens is 1. The molecule has 2 heterocycles. The van der Waals surface area contributed by atoms with Crippen LogP contribution in [0.2, 0.25) is 0 Å². The van der Waals surface area contributed by atoms with Crippen LogP contribution < -0.4 is 37.6 Å². The Balaban J connectivity index is 1.49. The number of hydrogen-bond acceptors (Lipinski definition) is 12. The number of aromatic hydroxyl groups is 1. The lowest BCUT2D eigenvalue weighted by Crippen LogP contribution is -2.60. The molecular formula is C43H56N10O12. The summed E-state index contributed by atoms with van der Waals surface area (Å²) >= 11 is 0. The minimum absolute atomic E-state index is 0.00942. The number of imidazole rings is 1. The lowest BCUT2D eigenvalue weighted by molar-refractivity contribution is -0.145. The molecule has 4 rings (SSSR count). The second-order valence-corrected chi connectivity index (χ2v) is 15.7. The molecule has 0 bridgehead atoms. The Morgan fingerprint density at radius 1 is 0.785 bits per heavy atom. The van der Waals surface area contributed by atoms with Gasteiger partial charge in [0.05, 0.1) is 31.9 Å². The number of benzene rings is 2. The summed E-state index contributed by atoms with van der Waals surface area (Å²) in [5.41, 5.74) is 7.15. The molecule has 0 spiro atoms. The van der Waals surface area contributed by atoms with Gasteiger partial charge in [-0.1, -0.05) is 62.7 Å². The van der Waals surface area contributed by atoms with Crippen LogP contribution in [0.4, 0.5) is 0 Å². The van der Waals surface area contributed by atoms with E-state index in [0.29, 0.717) is 29.7 Å². The first-order chi connectivity index (χ1) is 30.9. The summed E-state index contributed by atoms with van der Waals surface area (Å²) < 4.78 is 0. The lowest BCUT2D eigenvalue weighted by Gasteiger charge is -2.31. The van der Waals surface area contributed by atoms with Crippen molar-refractivity contribution in [3.63, 3.8) is 0 Å². The van der Waals surface area contributed by atoms with Crippen molar-refractivity contribution in [2.24, 2.45) is 11.7 Å². The summed E-state index contributed by atoms with van der Waals surface area (Å²) in [5, 5.41) is 43.6. The second-order valence-electron chi connectivity index (χ2n) is 15.7. The number of carbonyl (C=O) groups is 9. The van der Waals surface area contributed by atoms with Crippen LogP contribution in [0.1, 0.15) is 56.4 Å². The highest BCUT2D eigenvalue weighted by atomic mass is 16.4. The third-order valence-corrected chi connectivity index (χ3v) is 10.8. The number of likely N-dealkylation sites (tertiary alicyclic amines) is 1. The molecule has 22 nitrogen and oxygen atoms in total. The van der Waals surface area contributed by atoms with Gasteiger partial charge in [-0.3, -0.25) is 38.4 Å². The van der Waals surface area contributed by atoms with Gasteiger partial charge in [0.25, 0.3) is 0 Å². The van der Waals surface area contributed by atoms with Crippen molar-refractivity contribution >= 4 is 53.3 Å². The lowest BCUT2D eigenvalue weighted by atomic mass is 9.96. The topological polar surface area (TPSA) is 344 Å². The van der Waals surface area contributed by atoms with E-state index in [1.54, 1.807) is 44.2 Å². The molecule has 7 atom stereocenters. The Kier molecular flexibility index (Phi) is 18.9. The highest BCUT2D eigenvalue weighted by Gasteiger charge is 2.40. The number of carboxylic acids is 2. The quantitative estimate of drug-likeness (QED) is 0.0475. The highest BCUT2D eigenvalue weighted by Crippen LogP contribution is 2.21. The molecule has 7 amide bonds. The van der Waals surface area contributed by atoms with E-state index >= 15 is 0 Å². The van der Waals surface area contributed by atoms with Gasteiger partial charge in [-0.2, -0.15) is 0 Å². The van der Waals surface area contributed by atoms with Crippen LogP contribution in [0.15, 0.2) is 67.1 Å². The molecule has 0 saturated carbocycles. The van der Waals surface area contributed by atoms with Gasteiger partial charge in [0.1, 0.15) is 36.0 Å². The van der Waals surface area contributed by atoms with Gasteiger partial charge in [0, 0.05) is 37.7 Å². The second kappa shape index (κ2) is 24.5. The van der Waals surface area contributed by atoms with Crippen LogP contribution in [0, 0.1) is 5.92 Å². The van der Waals surface area contributed by atoms with Crippen LogP contribution >= 0.6 is 0 Å². The zero-order valence-electron chi connectivity index (χ0n) is 36.0. The van der Waals surface area contributed by atoms with Gasteiger partial charge < -0.3 is 62.8 Å². The van der Waals surface area contributed by atoms with Crippen LogP contribution in [0.5, 0.6) is 5.75 Å². The van der Waals surface area contributed by atoms with E-state index in [9.17, 15) is 53.4 Å². The average Bonchev–Trinajstić information content (AvgIpc) is 3.99. The molecule has 1 aromatic heterocycles. The van der Waals surface area contributed by atoms with E-state index in [1.165, 1.54) is 41.7 Å². The summed E-state index contributed by atoms with van der Waals surface area (Å²) in [6.07, 6.45) is 3.00. The maximum Gasteiger partial charge on any atom is 0.326 e. The summed E-state index contributed by atoms with van der Waals surface area (Å²) in [7, 11) is 0. The van der Waals surface area contributed by atoms with E-state index in [-0.39, 0.29) is 38.0 Å². The molecule has 12 N–H and O–H groups in total. The van der Waals surface area contributed by atoms with Crippen molar-refractivity contribution in [2.75, 3.05) is 19.6 Å². The number of aromatic nitrogens is 2. The molecule has 3 aromatic rings. The number of carboxylic acid groups (broad SMARTS) is 2. The maximum atomic E-state index is 14.4. The third-order valence-electron chi connectivity index (χ3n) is 10.8. The van der Waals surface area contributed by atoms with Crippen molar-refractivity contribution < 1.29 is 58.5 Å². The van der Waals surface area contributed by atoms with E-state index in [2.05, 4.69) is 41.9 Å². The molecule has 0 aliphatic carbocycles. The Labute approximate surface area is 373 Å². The molecule has 1 saturated heterocycles. The van der Waals surface area contributed by atoms with E-state index in [1.807, 2.05) is 0 Å². The fourth-order valence-corrected chi connectivity index (χ4v) is 7.00. The zero-order chi connectivity index (χ0) is 47.6. The third kappa shape index (κ3) is 15.7. The molecule has 1 aliphatic rings. The largest absolute Gasteiger partial charge is 0.508 e. The Bertz CT molecular complexity index is 2140. The van der Waals surface area contributed by atoms with Gasteiger partial charge in [-0.05, 0) is 42.0 Å². The highest BCUT2D eigenvalue weighted by molar-refractivity contribution is 5.97. The number of phenolic OH excluding ortho intramolecular Hbond substituents is 1. The normalized spacial score (nSPS) is 16.0. The molecule has 65 heavy (non-hydrogen) atoms. The number of hydrogen-bond donors (Lipinski definition) is 11. The standard InChI is InChI=1S/C43H56N10O12/c1-3-24(2)37(52-39(60)30(16-26-11-13-28(54)14-12-26)49-35(56)22-46-34(55)21-47-38(59)29(44)19-36(57)58)41(62)50-31(18-27-20-45-23-48-27)42(63)53-15-7-10-33(53)40(61)51-32(43(64)65)17-25-8-5-4-6-9-25/h4-6,8-9,11-14,20,23-24,29-33,37,54H,3,7,10,15-19,21-22,44H2,1-2H3,(H,45,48)(H,46,55)(H,47,59)(H,49,56)(H,50,62)(H,51,61)(H,52,60)(H,57,58)(H,64,65)/t24-,29-,30-,31-,32-,33-,37-/m0/s1. The number of nitrogens with two attached hydrogens (primary N) is 1. The monoisotopic (exact) mass is 904 g/mol. The number of carbonyl (C=O) groups excluding carboxylic acids is 7. The molecule has 350 valence electrons.